The van der Waals surface area contributed by atoms with Gasteiger partial charge in [-0.3, -0.25) is 19.3 Å². The summed E-state index contributed by atoms with van der Waals surface area (Å²) in [6.07, 6.45) is 6.16. The van der Waals surface area contributed by atoms with Crippen LogP contribution in [0.4, 0.5) is 0 Å². The monoisotopic (exact) mass is 639 g/mol. The Kier molecular flexibility index (Phi) is 13.3. The number of amides is 2. The van der Waals surface area contributed by atoms with Crippen molar-refractivity contribution in [2.24, 2.45) is 5.92 Å². The quantitative estimate of drug-likeness (QED) is 0.137. The average molecular weight is 640 g/mol. The van der Waals surface area contributed by atoms with Gasteiger partial charge in [0.15, 0.2) is 5.78 Å². The Morgan fingerprint density at radius 1 is 0.894 bits per heavy atom. The number of esters is 1. The minimum absolute atomic E-state index is 0.0320. The van der Waals surface area contributed by atoms with Gasteiger partial charge in [-0.1, -0.05) is 87.0 Å². The van der Waals surface area contributed by atoms with Crippen molar-refractivity contribution in [3.63, 3.8) is 0 Å². The zero-order valence-electron chi connectivity index (χ0n) is 27.4. The fraction of sp³-hybridized carbons (Fsp3) is 0.368. The highest BCUT2D eigenvalue weighted by molar-refractivity contribution is 5.98. The number of ketones is 1. The Bertz CT molecular complexity index is 1510. The number of piperidine rings is 1. The summed E-state index contributed by atoms with van der Waals surface area (Å²) in [7, 11) is 1.56. The highest BCUT2D eigenvalue weighted by Crippen LogP contribution is 2.20. The number of rotatable bonds is 15. The molecule has 0 radical (unpaired) electrons. The molecule has 0 bridgehead atoms. The van der Waals surface area contributed by atoms with Gasteiger partial charge in [0, 0.05) is 18.0 Å². The predicted molar refractivity (Wildman–Crippen MR) is 181 cm³/mol. The molecule has 3 atom stereocenters. The highest BCUT2D eigenvalue weighted by atomic mass is 16.5. The van der Waals surface area contributed by atoms with Crippen LogP contribution in [0.1, 0.15) is 59.4 Å². The first-order valence-electron chi connectivity index (χ1n) is 16.2. The molecule has 1 heterocycles. The van der Waals surface area contributed by atoms with Gasteiger partial charge in [0.1, 0.15) is 18.4 Å². The number of Topliss-reactive ketones (excluding diaryl/α,β-unsaturated/α-hetero) is 1. The molecule has 0 aromatic heterocycles. The normalized spacial score (nSPS) is 16.3. The van der Waals surface area contributed by atoms with Crippen molar-refractivity contribution < 1.29 is 28.7 Å². The minimum Gasteiger partial charge on any atom is -0.497 e. The molecule has 0 unspecified atom stereocenters. The molecule has 3 aromatic carbocycles. The van der Waals surface area contributed by atoms with Crippen molar-refractivity contribution in [1.29, 1.82) is 0 Å². The Morgan fingerprint density at radius 3 is 2.30 bits per heavy atom. The van der Waals surface area contributed by atoms with E-state index in [-0.39, 0.29) is 42.7 Å². The second kappa shape index (κ2) is 17.8. The number of hydrogen-bond acceptors (Lipinski definition) is 7. The lowest BCUT2D eigenvalue weighted by Gasteiger charge is -2.35. The van der Waals surface area contributed by atoms with Crippen LogP contribution in [0.2, 0.25) is 0 Å². The van der Waals surface area contributed by atoms with Crippen LogP contribution in [0.25, 0.3) is 0 Å². The van der Waals surface area contributed by atoms with Crippen molar-refractivity contribution in [2.75, 3.05) is 26.8 Å². The number of carbonyl (C=O) groups excluding carboxylic acids is 4. The molecule has 9 heteroatoms. The van der Waals surface area contributed by atoms with Gasteiger partial charge < -0.3 is 20.1 Å². The SMILES string of the molecule is COc1cccc(C(=O)CN2CCCC[C@H]2C(=O)N[C@@H](Cc2ccccc2)C(=O)N[C@H](/C=C/COC(=O)c2ccccc2)C(C)C)c1. The van der Waals surface area contributed by atoms with Gasteiger partial charge in [0.2, 0.25) is 11.8 Å². The van der Waals surface area contributed by atoms with E-state index in [4.69, 9.17) is 9.47 Å². The third kappa shape index (κ3) is 10.6. The van der Waals surface area contributed by atoms with Crippen molar-refractivity contribution >= 4 is 23.6 Å². The van der Waals surface area contributed by atoms with Gasteiger partial charge in [-0.2, -0.15) is 0 Å². The number of hydrogen-bond donors (Lipinski definition) is 2. The van der Waals surface area contributed by atoms with E-state index in [1.807, 2.05) is 61.2 Å². The van der Waals surface area contributed by atoms with E-state index in [1.165, 1.54) is 0 Å². The maximum atomic E-state index is 13.8. The second-order valence-corrected chi connectivity index (χ2v) is 12.1. The van der Waals surface area contributed by atoms with Gasteiger partial charge in [-0.05, 0) is 61.2 Å². The molecule has 9 nitrogen and oxygen atoms in total. The van der Waals surface area contributed by atoms with Gasteiger partial charge in [0.05, 0.1) is 25.3 Å². The second-order valence-electron chi connectivity index (χ2n) is 12.1. The number of benzene rings is 3. The Labute approximate surface area is 277 Å². The molecule has 47 heavy (non-hydrogen) atoms. The summed E-state index contributed by atoms with van der Waals surface area (Å²) in [5, 5.41) is 6.10. The molecule has 2 N–H and O–H groups in total. The zero-order chi connectivity index (χ0) is 33.6. The molecule has 4 rings (SSSR count). The van der Waals surface area contributed by atoms with E-state index in [1.54, 1.807) is 61.7 Å². The van der Waals surface area contributed by atoms with Crippen LogP contribution in [0.15, 0.2) is 97.1 Å². The van der Waals surface area contributed by atoms with Crippen LogP contribution in [0, 0.1) is 5.92 Å². The average Bonchev–Trinajstić information content (AvgIpc) is 3.10. The smallest absolute Gasteiger partial charge is 0.338 e. The maximum Gasteiger partial charge on any atom is 0.338 e. The van der Waals surface area contributed by atoms with Crippen molar-refractivity contribution in [3.8, 4) is 5.75 Å². The van der Waals surface area contributed by atoms with Gasteiger partial charge in [-0.25, -0.2) is 4.79 Å². The topological polar surface area (TPSA) is 114 Å². The van der Waals surface area contributed by atoms with Gasteiger partial charge in [-0.15, -0.1) is 0 Å². The summed E-state index contributed by atoms with van der Waals surface area (Å²) < 4.78 is 10.6. The van der Waals surface area contributed by atoms with E-state index in [2.05, 4.69) is 10.6 Å². The summed E-state index contributed by atoms with van der Waals surface area (Å²) in [6.45, 7) is 4.72. The molecule has 0 saturated carbocycles. The Balaban J connectivity index is 1.43. The highest BCUT2D eigenvalue weighted by Gasteiger charge is 2.33. The molecule has 0 aliphatic carbocycles. The van der Waals surface area contributed by atoms with Crippen molar-refractivity contribution in [3.05, 3.63) is 114 Å². The third-order valence-electron chi connectivity index (χ3n) is 8.26. The first-order valence-corrected chi connectivity index (χ1v) is 16.2. The standard InChI is InChI=1S/C38H45N3O6/c1-27(2)32(20-13-23-47-38(45)29-16-8-5-9-17-29)39-36(43)33(24-28-14-6-4-7-15-28)40-37(44)34-21-10-11-22-41(34)26-35(42)30-18-12-19-31(25-30)46-3/h4-9,12-20,25,27,32-34H,10-11,21-24,26H2,1-3H3,(H,39,43)(H,40,44)/b20-13+/t32-,33+,34+/m1/s1. The summed E-state index contributed by atoms with van der Waals surface area (Å²) in [5.74, 6) is -0.479. The molecule has 248 valence electrons. The first kappa shape index (κ1) is 35.1. The number of nitrogens with zero attached hydrogens (tertiary/aromatic N) is 1. The Hall–Kier alpha value is -4.76. The predicted octanol–water partition coefficient (Wildman–Crippen LogP) is 5.01. The molecule has 2 amide bonds. The van der Waals surface area contributed by atoms with Crippen molar-refractivity contribution in [1.82, 2.24) is 15.5 Å². The fourth-order valence-electron chi connectivity index (χ4n) is 5.56. The molecule has 0 spiro atoms. The van der Waals surface area contributed by atoms with Crippen LogP contribution < -0.4 is 15.4 Å². The number of methoxy groups -OCH3 is 1. The number of likely N-dealkylation sites (tertiary alicyclic amines) is 1. The molecule has 1 aliphatic rings. The fourth-order valence-corrected chi connectivity index (χ4v) is 5.56. The first-order chi connectivity index (χ1) is 22.7. The summed E-state index contributed by atoms with van der Waals surface area (Å²) in [5.41, 5.74) is 1.90. The lowest BCUT2D eigenvalue weighted by Crippen LogP contribution is -2.57. The van der Waals surface area contributed by atoms with Crippen molar-refractivity contribution in [2.45, 2.75) is 57.7 Å². The lowest BCUT2D eigenvalue weighted by molar-refractivity contribution is -0.133. The maximum absolute atomic E-state index is 13.8. The summed E-state index contributed by atoms with van der Waals surface area (Å²) in [4.78, 5) is 55.0. The van der Waals surface area contributed by atoms with Gasteiger partial charge >= 0.3 is 5.97 Å². The largest absolute Gasteiger partial charge is 0.497 e. The molecule has 1 aliphatic heterocycles. The van der Waals surface area contributed by atoms with E-state index < -0.39 is 18.1 Å². The van der Waals surface area contributed by atoms with Crippen LogP contribution in [-0.2, 0) is 20.7 Å². The molecule has 3 aromatic rings. The summed E-state index contributed by atoms with van der Waals surface area (Å²) in [6, 6.07) is 23.6. The van der Waals surface area contributed by atoms with Crippen LogP contribution in [-0.4, -0.2) is 73.4 Å². The van der Waals surface area contributed by atoms with E-state index >= 15 is 0 Å². The molecule has 1 saturated heterocycles. The third-order valence-corrected chi connectivity index (χ3v) is 8.26. The van der Waals surface area contributed by atoms with Crippen LogP contribution in [0.5, 0.6) is 5.75 Å². The number of ether oxygens (including phenoxy) is 2. The Morgan fingerprint density at radius 2 is 1.60 bits per heavy atom. The molecule has 1 fully saturated rings. The molecular weight excluding hydrogens is 594 g/mol. The number of nitrogens with one attached hydrogen (secondary N) is 2. The van der Waals surface area contributed by atoms with Crippen LogP contribution in [0.3, 0.4) is 0 Å². The molecular formula is C38H45N3O6. The minimum atomic E-state index is -0.840. The zero-order valence-corrected chi connectivity index (χ0v) is 27.4. The lowest BCUT2D eigenvalue weighted by atomic mass is 9.98. The van der Waals surface area contributed by atoms with E-state index in [0.29, 0.717) is 36.3 Å². The van der Waals surface area contributed by atoms with E-state index in [9.17, 15) is 19.2 Å². The van der Waals surface area contributed by atoms with Gasteiger partial charge in [0.25, 0.3) is 0 Å². The summed E-state index contributed by atoms with van der Waals surface area (Å²) >= 11 is 0. The number of carbonyl (C=O) groups is 4. The van der Waals surface area contributed by atoms with Crippen LogP contribution >= 0.6 is 0 Å². The van der Waals surface area contributed by atoms with E-state index in [0.717, 1.165) is 18.4 Å².